The average Bonchev–Trinajstić information content (AvgIpc) is 4.16. The third-order valence-corrected chi connectivity index (χ3v) is 13.3. The molecule has 0 radical (unpaired) electrons. The van der Waals surface area contributed by atoms with Gasteiger partial charge in [-0.3, -0.25) is 9.59 Å². The number of hydrogen-bond donors (Lipinski definition) is 4. The molecular weight excluding hydrogens is 853 g/mol. The zero-order chi connectivity index (χ0) is 47.5. The Balaban J connectivity index is 1.02. The van der Waals surface area contributed by atoms with E-state index in [4.69, 9.17) is 28.9 Å². The van der Waals surface area contributed by atoms with Gasteiger partial charge in [0.25, 0.3) is 0 Å². The van der Waals surface area contributed by atoms with Crippen LogP contribution >= 0.6 is 0 Å². The predicted molar refractivity (Wildman–Crippen MR) is 254 cm³/mol. The van der Waals surface area contributed by atoms with Crippen molar-refractivity contribution in [3.63, 3.8) is 0 Å². The maximum atomic E-state index is 13.7. The second-order valence-corrected chi connectivity index (χ2v) is 18.6. The second kappa shape index (κ2) is 20.1. The lowest BCUT2D eigenvalue weighted by atomic mass is 9.88. The molecule has 0 spiro atoms. The zero-order valence-corrected chi connectivity index (χ0v) is 39.6. The molecule has 67 heavy (non-hydrogen) atoms. The van der Waals surface area contributed by atoms with Crippen LogP contribution in [-0.4, -0.2) is 107 Å². The van der Waals surface area contributed by atoms with Crippen molar-refractivity contribution >= 4 is 51.6 Å². The first kappa shape index (κ1) is 47.0. The van der Waals surface area contributed by atoms with Crippen LogP contribution in [0.25, 0.3) is 38.8 Å². The monoisotopic (exact) mass is 914 g/mol. The van der Waals surface area contributed by atoms with Gasteiger partial charge in [0.1, 0.15) is 49.3 Å². The smallest absolute Gasteiger partial charge is 0.407 e. The SMILES string of the molecule is COC(=O)N[C@H](C(=O)N1COC[C@H]1c1nc2cc(/C(C)=C3/C=C\[C@H](C)CCc4ccc(cc4-c4ccc5[nH]c([C@@H]6COCN6C(=O)[C@@H](NC(=O)OC)C(C)C)nc5c4)CC3)ccc2[nH]1)C(C)C. The van der Waals surface area contributed by atoms with Crippen LogP contribution < -0.4 is 10.6 Å². The highest BCUT2D eigenvalue weighted by atomic mass is 16.5. The van der Waals surface area contributed by atoms with Crippen molar-refractivity contribution < 1.29 is 38.1 Å². The molecule has 4 heterocycles. The Bertz CT molecular complexity index is 2720. The van der Waals surface area contributed by atoms with Gasteiger partial charge in [-0.2, -0.15) is 0 Å². The normalized spacial score (nSPS) is 21.0. The number of ether oxygens (including phenoxy) is 4. The lowest BCUT2D eigenvalue weighted by molar-refractivity contribution is -0.137. The van der Waals surface area contributed by atoms with E-state index in [-0.39, 0.29) is 50.3 Å². The summed E-state index contributed by atoms with van der Waals surface area (Å²) in [5, 5.41) is 5.36. The topological polar surface area (TPSA) is 193 Å². The maximum absolute atomic E-state index is 13.7. The molecule has 0 unspecified atom stereocenters. The van der Waals surface area contributed by atoms with E-state index in [1.165, 1.54) is 42.1 Å². The molecular formula is C51H62N8O8. The minimum absolute atomic E-state index is 0.0953. The highest BCUT2D eigenvalue weighted by Crippen LogP contribution is 2.35. The molecule has 2 bridgehead atoms. The lowest BCUT2D eigenvalue weighted by Gasteiger charge is -2.28. The van der Waals surface area contributed by atoms with E-state index in [1.54, 1.807) is 9.80 Å². The van der Waals surface area contributed by atoms with Crippen LogP contribution in [0, 0.1) is 17.8 Å². The van der Waals surface area contributed by atoms with Crippen molar-refractivity contribution in [1.82, 2.24) is 40.4 Å². The van der Waals surface area contributed by atoms with Crippen LogP contribution in [-0.2, 0) is 41.4 Å². The minimum Gasteiger partial charge on any atom is -0.453 e. The van der Waals surface area contributed by atoms with Crippen molar-refractivity contribution in [2.24, 2.45) is 17.8 Å². The first-order valence-electron chi connectivity index (χ1n) is 23.2. The van der Waals surface area contributed by atoms with Crippen LogP contribution in [0.15, 0.2) is 72.3 Å². The fourth-order valence-electron chi connectivity index (χ4n) is 9.18. The molecule has 16 heteroatoms. The summed E-state index contributed by atoms with van der Waals surface area (Å²) in [5.74, 6) is 0.743. The fraction of sp³-hybridized carbons (Fsp3) is 0.451. The third kappa shape index (κ3) is 10.1. The summed E-state index contributed by atoms with van der Waals surface area (Å²) in [6.45, 7) is 12.7. The summed E-state index contributed by atoms with van der Waals surface area (Å²) in [4.78, 5) is 71.7. The molecule has 2 aliphatic heterocycles. The lowest BCUT2D eigenvalue weighted by Crippen LogP contribution is -2.51. The van der Waals surface area contributed by atoms with Crippen LogP contribution in [0.4, 0.5) is 9.59 Å². The number of H-pyrrole nitrogens is 2. The summed E-state index contributed by atoms with van der Waals surface area (Å²) in [7, 11) is 2.56. The molecule has 354 valence electrons. The van der Waals surface area contributed by atoms with Gasteiger partial charge in [-0.05, 0) is 114 Å². The number of hydrogen-bond acceptors (Lipinski definition) is 10. The summed E-state index contributed by atoms with van der Waals surface area (Å²) in [5.41, 5.74) is 11.6. The molecule has 16 nitrogen and oxygen atoms in total. The molecule has 2 aliphatic carbocycles. The maximum Gasteiger partial charge on any atom is 0.407 e. The van der Waals surface area contributed by atoms with Gasteiger partial charge in [-0.25, -0.2) is 19.6 Å². The van der Waals surface area contributed by atoms with Gasteiger partial charge in [0.05, 0.1) is 49.5 Å². The number of benzene rings is 3. The molecule has 4 N–H and O–H groups in total. The molecule has 4 amide bonds. The van der Waals surface area contributed by atoms with Crippen LogP contribution in [0.3, 0.4) is 0 Å². The molecule has 2 fully saturated rings. The van der Waals surface area contributed by atoms with E-state index < -0.39 is 36.4 Å². The number of nitrogens with zero attached hydrogens (tertiary/aromatic N) is 4. The summed E-state index contributed by atoms with van der Waals surface area (Å²) >= 11 is 0. The summed E-state index contributed by atoms with van der Waals surface area (Å²) in [6, 6.07) is 17.0. The predicted octanol–water partition coefficient (Wildman–Crippen LogP) is 8.13. The van der Waals surface area contributed by atoms with Crippen molar-refractivity contribution in [2.75, 3.05) is 40.9 Å². The number of carbonyl (C=O) groups is 4. The van der Waals surface area contributed by atoms with Crippen LogP contribution in [0.5, 0.6) is 0 Å². The third-order valence-electron chi connectivity index (χ3n) is 13.3. The fourth-order valence-corrected chi connectivity index (χ4v) is 9.18. The van der Waals surface area contributed by atoms with E-state index in [9.17, 15) is 19.2 Å². The molecule has 2 aromatic heterocycles. The van der Waals surface area contributed by atoms with Crippen LogP contribution in [0.1, 0.15) is 94.8 Å². The average molecular weight is 915 g/mol. The summed E-state index contributed by atoms with van der Waals surface area (Å²) < 4.78 is 21.1. The Morgan fingerprint density at radius 3 is 1.87 bits per heavy atom. The number of amides is 4. The molecule has 4 aliphatic rings. The van der Waals surface area contributed by atoms with Gasteiger partial charge in [0.2, 0.25) is 11.8 Å². The highest BCUT2D eigenvalue weighted by Gasteiger charge is 2.40. The van der Waals surface area contributed by atoms with Gasteiger partial charge in [0, 0.05) is 0 Å². The molecule has 9 rings (SSSR count). The van der Waals surface area contributed by atoms with Crippen molar-refractivity contribution in [1.29, 1.82) is 0 Å². The number of imidazole rings is 2. The van der Waals surface area contributed by atoms with Gasteiger partial charge in [0.15, 0.2) is 0 Å². The number of fused-ring (bicyclic) bond motifs is 10. The largest absolute Gasteiger partial charge is 0.453 e. The van der Waals surface area contributed by atoms with Crippen molar-refractivity contribution in [3.05, 3.63) is 101 Å². The zero-order valence-electron chi connectivity index (χ0n) is 39.6. The number of methoxy groups -OCH3 is 2. The Kier molecular flexibility index (Phi) is 14.1. The molecule has 2 saturated heterocycles. The van der Waals surface area contributed by atoms with E-state index in [2.05, 4.69) is 95.1 Å². The quantitative estimate of drug-likeness (QED) is 0.106. The van der Waals surface area contributed by atoms with E-state index in [1.807, 2.05) is 33.8 Å². The highest BCUT2D eigenvalue weighted by molar-refractivity contribution is 5.88. The van der Waals surface area contributed by atoms with Gasteiger partial charge >= 0.3 is 12.2 Å². The van der Waals surface area contributed by atoms with Crippen molar-refractivity contribution in [3.8, 4) is 11.1 Å². The van der Waals surface area contributed by atoms with Gasteiger partial charge in [-0.15, -0.1) is 0 Å². The standard InChI is InChI=1S/C51H62N8O8/c1-28(2)44(56-50(62)64-7)48(60)58-26-66-24-42(58)46-52-38-19-17-35(22-40(38)54-46)31(6)33-13-9-30(5)10-14-34-16-12-32(11-15-33)21-37(34)36-18-20-39-41(23-36)55-47(53-39)43-25-67-27-59(43)49(61)45(29(3)4)57-51(63)65-8/h9,12-13,16-23,28-30,42-45H,10-11,14-15,24-27H2,1-8H3,(H,52,54)(H,53,55)(H,56,62)(H,57,63)/b13-9-,33-31-/t30-,42-,43-,44-,45-/m0/s1. The molecule has 5 atom stereocenters. The summed E-state index contributed by atoms with van der Waals surface area (Å²) in [6.07, 6.45) is 6.86. The van der Waals surface area contributed by atoms with Gasteiger partial charge in [-0.1, -0.05) is 77.1 Å². The first-order valence-corrected chi connectivity index (χ1v) is 23.2. The Morgan fingerprint density at radius 1 is 0.731 bits per heavy atom. The first-order chi connectivity index (χ1) is 32.2. The Hall–Kier alpha value is -6.52. The van der Waals surface area contributed by atoms with E-state index in [0.29, 0.717) is 17.6 Å². The van der Waals surface area contributed by atoms with E-state index in [0.717, 1.165) is 58.9 Å². The number of rotatable bonds is 10. The van der Waals surface area contributed by atoms with E-state index >= 15 is 0 Å². The molecule has 0 saturated carbocycles. The number of alkyl carbamates (subject to hydrolysis) is 2. The Morgan fingerprint density at radius 2 is 1.30 bits per heavy atom. The van der Waals surface area contributed by atoms with Crippen molar-refractivity contribution in [2.45, 2.75) is 91.4 Å². The Labute approximate surface area is 390 Å². The molecule has 5 aromatic rings. The van der Waals surface area contributed by atoms with Crippen LogP contribution in [0.2, 0.25) is 0 Å². The number of aromatic amines is 2. The molecule has 3 aromatic carbocycles. The van der Waals surface area contributed by atoms with Gasteiger partial charge < -0.3 is 49.3 Å². The minimum atomic E-state index is -0.776. The number of aromatic nitrogens is 4. The number of allylic oxidation sites excluding steroid dienone is 4. The number of aryl methyl sites for hydroxylation is 2. The second-order valence-electron chi connectivity index (χ2n) is 18.6. The number of nitrogens with one attached hydrogen (secondary N) is 4. The number of carbonyl (C=O) groups excluding carboxylic acids is 4.